The molecule has 0 bridgehead atoms. The molecule has 1 aromatic carbocycles. The molecule has 0 fully saturated rings. The van der Waals surface area contributed by atoms with Crippen molar-refractivity contribution in [3.05, 3.63) is 34.9 Å². The molecule has 1 aliphatic carbocycles. The van der Waals surface area contributed by atoms with E-state index in [2.05, 4.69) is 19.2 Å². The van der Waals surface area contributed by atoms with Gasteiger partial charge in [-0.05, 0) is 42.5 Å². The van der Waals surface area contributed by atoms with Gasteiger partial charge in [0.05, 0.1) is 32.3 Å². The van der Waals surface area contributed by atoms with E-state index >= 15 is 0 Å². The van der Waals surface area contributed by atoms with Gasteiger partial charge in [0, 0.05) is 30.6 Å². The maximum Gasteiger partial charge on any atom is 0.247 e. The predicted molar refractivity (Wildman–Crippen MR) is 135 cm³/mol. The van der Waals surface area contributed by atoms with Crippen LogP contribution in [-0.2, 0) is 16.2 Å². The van der Waals surface area contributed by atoms with Crippen LogP contribution >= 0.6 is 0 Å². The highest BCUT2D eigenvalue weighted by Gasteiger charge is 2.51. The number of unbranched alkanes of at least 4 members (excludes halogenated alkanes) is 1. The van der Waals surface area contributed by atoms with E-state index in [1.807, 2.05) is 6.92 Å². The Hall–Kier alpha value is -2.62. The Labute approximate surface area is 213 Å². The number of methoxy groups -OCH3 is 1. The number of nitrogens with one attached hydrogen (secondary N) is 1. The van der Waals surface area contributed by atoms with E-state index in [0.717, 1.165) is 19.3 Å². The number of rotatable bonds is 12. The first kappa shape index (κ1) is 28.0. The molecule has 4 N–H and O–H groups in total. The predicted octanol–water partition coefficient (Wildman–Crippen LogP) is 1.87. The fourth-order valence-electron chi connectivity index (χ4n) is 4.93. The van der Waals surface area contributed by atoms with Crippen LogP contribution in [0.3, 0.4) is 0 Å². The van der Waals surface area contributed by atoms with E-state index in [-0.39, 0.29) is 25.7 Å². The second kappa shape index (κ2) is 12.6. The van der Waals surface area contributed by atoms with Crippen LogP contribution in [-0.4, -0.2) is 77.1 Å². The molecule has 0 saturated carbocycles. The summed E-state index contributed by atoms with van der Waals surface area (Å²) < 4.78 is 11.7. The van der Waals surface area contributed by atoms with Crippen molar-refractivity contribution < 1.29 is 34.4 Å². The van der Waals surface area contributed by atoms with Crippen molar-refractivity contribution in [2.75, 3.05) is 26.8 Å². The number of hydrogen-bond donors (Lipinski definition) is 4. The molecule has 0 saturated heterocycles. The van der Waals surface area contributed by atoms with Gasteiger partial charge in [-0.25, -0.2) is 0 Å². The Morgan fingerprint density at radius 1 is 1.25 bits per heavy atom. The summed E-state index contributed by atoms with van der Waals surface area (Å²) in [6.07, 6.45) is 2.49. The zero-order valence-corrected chi connectivity index (χ0v) is 21.7. The molecular formula is C27H40N2O7. The lowest BCUT2D eigenvalue weighted by atomic mass is 9.77. The number of benzene rings is 1. The molecule has 0 radical (unpaired) electrons. The SMILES string of the molecule is CCCCC(=O)N(CCC(C)C)[C@@H]1C=C(C(=O)NCCO)[C@@H]2c3cc(CO)cc(OC)c3O[C@@H]2[C@H]1O. The molecule has 0 aromatic heterocycles. The van der Waals surface area contributed by atoms with Gasteiger partial charge in [-0.1, -0.05) is 27.2 Å². The zero-order chi connectivity index (χ0) is 26.4. The number of carbonyl (C=O) groups excluding carboxylic acids is 2. The van der Waals surface area contributed by atoms with Crippen LogP contribution < -0.4 is 14.8 Å². The highest BCUT2D eigenvalue weighted by molar-refractivity contribution is 5.96. The summed E-state index contributed by atoms with van der Waals surface area (Å²) in [7, 11) is 1.49. The van der Waals surface area contributed by atoms with Gasteiger partial charge in [0.25, 0.3) is 0 Å². The molecule has 2 aliphatic rings. The van der Waals surface area contributed by atoms with Crippen molar-refractivity contribution in [3.8, 4) is 11.5 Å². The third kappa shape index (κ3) is 5.85. The summed E-state index contributed by atoms with van der Waals surface area (Å²) in [5, 5.41) is 33.3. The number of aliphatic hydroxyl groups is 3. The van der Waals surface area contributed by atoms with Crippen LogP contribution in [0.5, 0.6) is 11.5 Å². The second-order valence-corrected chi connectivity index (χ2v) is 9.89. The monoisotopic (exact) mass is 504 g/mol. The van der Waals surface area contributed by atoms with E-state index in [1.54, 1.807) is 23.1 Å². The Bertz CT molecular complexity index is 962. The molecule has 0 unspecified atom stereocenters. The quantitative estimate of drug-likeness (QED) is 0.342. The molecule has 1 aliphatic heterocycles. The standard InChI is InChI=1S/C27H40N2O7/c1-5-6-7-22(32)29(10-8-16(2)3)20-14-19(27(34)28-9-11-30)23-18-12-17(15-31)13-21(35-4)25(18)36-26(23)24(20)33/h12-14,16,20,23-24,26,30-31,33H,5-11,15H2,1-4H3,(H,28,34)/t20-,23+,24+,26+/m1/s1. The Morgan fingerprint density at radius 3 is 2.61 bits per heavy atom. The minimum Gasteiger partial charge on any atom is -0.493 e. The molecule has 1 aromatic rings. The van der Waals surface area contributed by atoms with Gasteiger partial charge >= 0.3 is 0 Å². The summed E-state index contributed by atoms with van der Waals surface area (Å²) in [6.45, 7) is 6.25. The lowest BCUT2D eigenvalue weighted by Gasteiger charge is -2.41. The van der Waals surface area contributed by atoms with Gasteiger partial charge in [0.1, 0.15) is 12.2 Å². The van der Waals surface area contributed by atoms with Crippen LogP contribution in [0.4, 0.5) is 0 Å². The molecule has 0 spiro atoms. The maximum absolute atomic E-state index is 13.3. The highest BCUT2D eigenvalue weighted by Crippen LogP contribution is 2.51. The number of carbonyl (C=O) groups is 2. The first-order chi connectivity index (χ1) is 17.3. The van der Waals surface area contributed by atoms with Gasteiger partial charge in [0.2, 0.25) is 11.8 Å². The molecule has 4 atom stereocenters. The number of fused-ring (bicyclic) bond motifs is 3. The van der Waals surface area contributed by atoms with Crippen LogP contribution in [0, 0.1) is 5.92 Å². The summed E-state index contributed by atoms with van der Waals surface area (Å²) in [5.74, 6) is 0.0804. The number of nitrogens with zero attached hydrogens (tertiary/aromatic N) is 1. The number of ether oxygens (including phenoxy) is 2. The highest BCUT2D eigenvalue weighted by atomic mass is 16.5. The van der Waals surface area contributed by atoms with Crippen LogP contribution in [0.1, 0.15) is 63.5 Å². The van der Waals surface area contributed by atoms with Crippen LogP contribution in [0.15, 0.2) is 23.8 Å². The molecular weight excluding hydrogens is 464 g/mol. The fourth-order valence-corrected chi connectivity index (χ4v) is 4.93. The largest absolute Gasteiger partial charge is 0.493 e. The Morgan fingerprint density at radius 2 is 2.00 bits per heavy atom. The Balaban J connectivity index is 2.09. The van der Waals surface area contributed by atoms with Crippen molar-refractivity contribution in [3.63, 3.8) is 0 Å². The minimum atomic E-state index is -1.09. The molecule has 200 valence electrons. The van der Waals surface area contributed by atoms with E-state index in [0.29, 0.717) is 47.1 Å². The van der Waals surface area contributed by atoms with Gasteiger partial charge in [-0.3, -0.25) is 9.59 Å². The zero-order valence-electron chi connectivity index (χ0n) is 21.7. The lowest BCUT2D eigenvalue weighted by molar-refractivity contribution is -0.137. The minimum absolute atomic E-state index is 0.0676. The van der Waals surface area contributed by atoms with Gasteiger partial charge in [0.15, 0.2) is 11.5 Å². The van der Waals surface area contributed by atoms with Crippen LogP contribution in [0.2, 0.25) is 0 Å². The molecule has 9 nitrogen and oxygen atoms in total. The van der Waals surface area contributed by atoms with Gasteiger partial charge in [-0.15, -0.1) is 0 Å². The lowest BCUT2D eigenvalue weighted by Crippen LogP contribution is -2.56. The number of hydrogen-bond acceptors (Lipinski definition) is 7. The maximum atomic E-state index is 13.3. The number of aliphatic hydroxyl groups excluding tert-OH is 3. The van der Waals surface area contributed by atoms with Crippen molar-refractivity contribution in [2.45, 2.75) is 77.2 Å². The van der Waals surface area contributed by atoms with Gasteiger partial charge in [-0.2, -0.15) is 0 Å². The van der Waals surface area contributed by atoms with Gasteiger partial charge < -0.3 is 35.0 Å². The third-order valence-electron chi connectivity index (χ3n) is 6.87. The van der Waals surface area contributed by atoms with Crippen LogP contribution in [0.25, 0.3) is 0 Å². The van der Waals surface area contributed by atoms with Crippen molar-refractivity contribution in [2.24, 2.45) is 5.92 Å². The van der Waals surface area contributed by atoms with E-state index in [1.165, 1.54) is 7.11 Å². The smallest absolute Gasteiger partial charge is 0.247 e. The topological polar surface area (TPSA) is 129 Å². The average Bonchev–Trinajstić information content (AvgIpc) is 3.26. The van der Waals surface area contributed by atoms with E-state index < -0.39 is 30.1 Å². The van der Waals surface area contributed by atoms with Crippen molar-refractivity contribution in [1.29, 1.82) is 0 Å². The fraction of sp³-hybridized carbons (Fsp3) is 0.630. The van der Waals surface area contributed by atoms with Crippen molar-refractivity contribution in [1.82, 2.24) is 10.2 Å². The summed E-state index contributed by atoms with van der Waals surface area (Å²) in [4.78, 5) is 28.2. The molecule has 2 amide bonds. The summed E-state index contributed by atoms with van der Waals surface area (Å²) in [5.41, 5.74) is 1.59. The van der Waals surface area contributed by atoms with Crippen molar-refractivity contribution >= 4 is 11.8 Å². The first-order valence-corrected chi connectivity index (χ1v) is 12.8. The summed E-state index contributed by atoms with van der Waals surface area (Å²) >= 11 is 0. The second-order valence-electron chi connectivity index (χ2n) is 9.89. The first-order valence-electron chi connectivity index (χ1n) is 12.8. The summed E-state index contributed by atoms with van der Waals surface area (Å²) in [6, 6.07) is 2.67. The van der Waals surface area contributed by atoms with E-state index in [9.17, 15) is 24.9 Å². The van der Waals surface area contributed by atoms with E-state index in [4.69, 9.17) is 9.47 Å². The molecule has 9 heteroatoms. The molecule has 36 heavy (non-hydrogen) atoms. The molecule has 1 heterocycles. The molecule has 3 rings (SSSR count). The third-order valence-corrected chi connectivity index (χ3v) is 6.87. The number of amides is 2. The normalized spacial score (nSPS) is 22.4. The average molecular weight is 505 g/mol. The Kier molecular flexibility index (Phi) is 9.76.